The third-order valence-electron chi connectivity index (χ3n) is 4.01. The van der Waals surface area contributed by atoms with Crippen LogP contribution in [0.5, 0.6) is 0 Å². The fraction of sp³-hybridized carbons (Fsp3) is 0.500. The molecule has 0 spiro atoms. The van der Waals surface area contributed by atoms with Gasteiger partial charge in [0.2, 0.25) is 0 Å². The second-order valence-electron chi connectivity index (χ2n) is 5.10. The van der Waals surface area contributed by atoms with Gasteiger partial charge in [-0.05, 0) is 18.1 Å². The van der Waals surface area contributed by atoms with Gasteiger partial charge in [0.25, 0.3) is 0 Å². The Kier molecular flexibility index (Phi) is 2.71. The molecule has 2 atom stereocenters. The Balaban J connectivity index is 1.80. The molecule has 0 aromatic heterocycles. The van der Waals surface area contributed by atoms with E-state index in [9.17, 15) is 9.18 Å². The van der Waals surface area contributed by atoms with Crippen molar-refractivity contribution in [2.24, 2.45) is 0 Å². The molecule has 1 aromatic rings. The lowest BCUT2D eigenvalue weighted by molar-refractivity contribution is -0.122. The van der Waals surface area contributed by atoms with Crippen LogP contribution in [-0.2, 0) is 4.79 Å². The molecule has 0 saturated carbocycles. The summed E-state index contributed by atoms with van der Waals surface area (Å²) < 4.78 is 13.7. The Labute approximate surface area is 100 Å². The van der Waals surface area contributed by atoms with E-state index in [1.54, 1.807) is 6.07 Å². The highest BCUT2D eigenvalue weighted by Crippen LogP contribution is 2.36. The minimum absolute atomic E-state index is 0.108. The Bertz CT molecular complexity index is 446. The molecule has 0 amide bonds. The van der Waals surface area contributed by atoms with Crippen molar-refractivity contribution in [3.8, 4) is 0 Å². The van der Waals surface area contributed by atoms with Crippen molar-refractivity contribution in [3.63, 3.8) is 0 Å². The van der Waals surface area contributed by atoms with E-state index in [2.05, 4.69) is 4.90 Å². The van der Waals surface area contributed by atoms with Crippen molar-refractivity contribution in [2.75, 3.05) is 13.1 Å². The summed E-state index contributed by atoms with van der Waals surface area (Å²) in [5.41, 5.74) is 0.814. The van der Waals surface area contributed by atoms with Gasteiger partial charge < -0.3 is 0 Å². The van der Waals surface area contributed by atoms with Crippen molar-refractivity contribution >= 4 is 5.78 Å². The van der Waals surface area contributed by atoms with E-state index < -0.39 is 0 Å². The number of hydrogen-bond donors (Lipinski definition) is 0. The predicted octanol–water partition coefficient (Wildman–Crippen LogP) is 2.35. The summed E-state index contributed by atoms with van der Waals surface area (Å²) in [4.78, 5) is 13.8. The summed E-state index contributed by atoms with van der Waals surface area (Å²) in [5, 5.41) is 0. The smallest absolute Gasteiger partial charge is 0.135 e. The third kappa shape index (κ3) is 2.00. The van der Waals surface area contributed by atoms with Crippen LogP contribution in [0.2, 0.25) is 0 Å². The fourth-order valence-electron chi connectivity index (χ4n) is 3.14. The molecule has 1 aromatic carbocycles. The number of carbonyl (C=O) groups is 1. The number of fused-ring (bicyclic) bond motifs is 1. The lowest BCUT2D eigenvalue weighted by Gasteiger charge is -2.27. The van der Waals surface area contributed by atoms with E-state index in [1.165, 1.54) is 6.07 Å². The average Bonchev–Trinajstić information content (AvgIpc) is 2.72. The van der Waals surface area contributed by atoms with Gasteiger partial charge in [-0.2, -0.15) is 0 Å². The summed E-state index contributed by atoms with van der Waals surface area (Å²) in [6.45, 7) is 1.76. The SMILES string of the molecule is O=C1CCN2C[C@@H](c3ccccc3F)C[C@H]2C1. The maximum Gasteiger partial charge on any atom is 0.135 e. The summed E-state index contributed by atoms with van der Waals surface area (Å²) in [6.07, 6.45) is 2.25. The van der Waals surface area contributed by atoms with E-state index in [0.717, 1.165) is 25.1 Å². The van der Waals surface area contributed by atoms with Crippen LogP contribution in [-0.4, -0.2) is 29.8 Å². The van der Waals surface area contributed by atoms with Crippen molar-refractivity contribution in [1.82, 2.24) is 4.90 Å². The first-order valence-electron chi connectivity index (χ1n) is 6.24. The van der Waals surface area contributed by atoms with Gasteiger partial charge in [-0.1, -0.05) is 18.2 Å². The van der Waals surface area contributed by atoms with Crippen LogP contribution in [0.4, 0.5) is 4.39 Å². The second kappa shape index (κ2) is 4.22. The highest BCUT2D eigenvalue weighted by Gasteiger charge is 2.37. The molecule has 2 aliphatic rings. The Hall–Kier alpha value is -1.22. The second-order valence-corrected chi connectivity index (χ2v) is 5.10. The number of halogens is 1. The van der Waals surface area contributed by atoms with Crippen molar-refractivity contribution < 1.29 is 9.18 Å². The highest BCUT2D eigenvalue weighted by molar-refractivity contribution is 5.80. The first-order valence-corrected chi connectivity index (χ1v) is 6.24. The molecule has 3 heteroatoms. The van der Waals surface area contributed by atoms with E-state index >= 15 is 0 Å². The average molecular weight is 233 g/mol. The predicted molar refractivity (Wildman–Crippen MR) is 63.4 cm³/mol. The maximum atomic E-state index is 13.7. The van der Waals surface area contributed by atoms with Gasteiger partial charge in [0, 0.05) is 37.9 Å². The molecule has 0 unspecified atom stereocenters. The summed E-state index contributed by atoms with van der Waals surface area (Å²) in [6, 6.07) is 7.37. The van der Waals surface area contributed by atoms with Gasteiger partial charge in [-0.3, -0.25) is 9.69 Å². The van der Waals surface area contributed by atoms with Gasteiger partial charge in [-0.25, -0.2) is 4.39 Å². The van der Waals surface area contributed by atoms with E-state index in [-0.39, 0.29) is 11.7 Å². The van der Waals surface area contributed by atoms with Crippen LogP contribution in [0.3, 0.4) is 0 Å². The number of rotatable bonds is 1. The molecular weight excluding hydrogens is 217 g/mol. The molecule has 17 heavy (non-hydrogen) atoms. The number of carbonyl (C=O) groups excluding carboxylic acids is 1. The van der Waals surface area contributed by atoms with Gasteiger partial charge >= 0.3 is 0 Å². The van der Waals surface area contributed by atoms with E-state index in [0.29, 0.717) is 24.7 Å². The largest absolute Gasteiger partial charge is 0.300 e. The van der Waals surface area contributed by atoms with Crippen LogP contribution in [0.1, 0.15) is 30.7 Å². The van der Waals surface area contributed by atoms with Crippen LogP contribution < -0.4 is 0 Å². The quantitative estimate of drug-likeness (QED) is 0.742. The Morgan fingerprint density at radius 2 is 2.12 bits per heavy atom. The minimum Gasteiger partial charge on any atom is -0.300 e. The lowest BCUT2D eigenvalue weighted by Crippen LogP contribution is -2.38. The van der Waals surface area contributed by atoms with Gasteiger partial charge in [0.1, 0.15) is 11.6 Å². The number of ketones is 1. The van der Waals surface area contributed by atoms with Crippen LogP contribution in [0.15, 0.2) is 24.3 Å². The zero-order valence-electron chi connectivity index (χ0n) is 9.73. The maximum absolute atomic E-state index is 13.7. The Morgan fingerprint density at radius 1 is 1.29 bits per heavy atom. The number of piperidine rings is 1. The standard InChI is InChI=1S/C14H16FNO/c15-14-4-2-1-3-13(14)10-7-11-8-12(17)5-6-16(11)9-10/h1-4,10-11H,5-9H2/t10-,11-/m0/s1. The van der Waals surface area contributed by atoms with Gasteiger partial charge in [-0.15, -0.1) is 0 Å². The summed E-state index contributed by atoms with van der Waals surface area (Å²) in [7, 11) is 0. The lowest BCUT2D eigenvalue weighted by atomic mass is 9.93. The number of Topliss-reactive ketones (excluding diaryl/α,β-unsaturated/α-hetero) is 1. The summed E-state index contributed by atoms with van der Waals surface area (Å²) >= 11 is 0. The molecule has 0 bridgehead atoms. The molecule has 3 rings (SSSR count). The van der Waals surface area contributed by atoms with Gasteiger partial charge in [0.15, 0.2) is 0 Å². The molecule has 2 fully saturated rings. The topological polar surface area (TPSA) is 20.3 Å². The van der Waals surface area contributed by atoms with Crippen molar-refractivity contribution in [2.45, 2.75) is 31.2 Å². The molecule has 0 N–H and O–H groups in total. The minimum atomic E-state index is -0.108. The molecular formula is C14H16FNO. The fourth-order valence-corrected chi connectivity index (χ4v) is 3.14. The van der Waals surface area contributed by atoms with Crippen LogP contribution in [0, 0.1) is 5.82 Å². The number of hydrogen-bond acceptors (Lipinski definition) is 2. The molecule has 2 saturated heterocycles. The van der Waals surface area contributed by atoms with Crippen molar-refractivity contribution in [1.29, 1.82) is 0 Å². The summed E-state index contributed by atoms with van der Waals surface area (Å²) in [5.74, 6) is 0.510. The highest BCUT2D eigenvalue weighted by atomic mass is 19.1. The molecule has 0 aliphatic carbocycles. The zero-order valence-corrected chi connectivity index (χ0v) is 9.73. The van der Waals surface area contributed by atoms with E-state index in [1.807, 2.05) is 12.1 Å². The molecule has 0 radical (unpaired) electrons. The van der Waals surface area contributed by atoms with Crippen LogP contribution in [0.25, 0.3) is 0 Å². The number of nitrogens with zero attached hydrogens (tertiary/aromatic N) is 1. The normalized spacial score (nSPS) is 29.4. The first-order chi connectivity index (χ1) is 8.24. The zero-order chi connectivity index (χ0) is 11.8. The third-order valence-corrected chi connectivity index (χ3v) is 4.01. The Morgan fingerprint density at radius 3 is 2.94 bits per heavy atom. The van der Waals surface area contributed by atoms with Gasteiger partial charge in [0.05, 0.1) is 0 Å². The van der Waals surface area contributed by atoms with Crippen LogP contribution >= 0.6 is 0 Å². The molecule has 2 nitrogen and oxygen atoms in total. The molecule has 90 valence electrons. The number of benzene rings is 1. The monoisotopic (exact) mass is 233 g/mol. The van der Waals surface area contributed by atoms with Crippen molar-refractivity contribution in [3.05, 3.63) is 35.6 Å². The first kappa shape index (κ1) is 10.9. The molecule has 2 aliphatic heterocycles. The van der Waals surface area contributed by atoms with E-state index in [4.69, 9.17) is 0 Å². The molecule has 2 heterocycles.